The third-order valence-corrected chi connectivity index (χ3v) is 7.85. The molecule has 1 aliphatic carbocycles. The van der Waals surface area contributed by atoms with E-state index in [1.165, 1.54) is 7.05 Å². The molecule has 1 fully saturated rings. The predicted molar refractivity (Wildman–Crippen MR) is 172 cm³/mol. The lowest BCUT2D eigenvalue weighted by Crippen LogP contribution is -2.38. The molecule has 1 amide bonds. The summed E-state index contributed by atoms with van der Waals surface area (Å²) in [6, 6.07) is 18.8. The molecule has 0 bridgehead atoms. The van der Waals surface area contributed by atoms with Gasteiger partial charge in [0.05, 0.1) is 5.56 Å². The Hall–Kier alpha value is -5.46. The minimum absolute atomic E-state index is 0.00103. The van der Waals surface area contributed by atoms with Gasteiger partial charge in [-0.3, -0.25) is 9.20 Å². The summed E-state index contributed by atoms with van der Waals surface area (Å²) < 4.78 is 43.6. The summed E-state index contributed by atoms with van der Waals surface area (Å²) in [5.41, 5.74) is 9.48. The van der Waals surface area contributed by atoms with E-state index >= 15 is 0 Å². The fourth-order valence-corrected chi connectivity index (χ4v) is 5.53. The first-order chi connectivity index (χ1) is 22.7. The first-order valence-electron chi connectivity index (χ1n) is 15.0. The normalized spacial score (nSPS) is 16.1. The van der Waals surface area contributed by atoms with Crippen LogP contribution in [0, 0.1) is 0 Å². The number of ether oxygens (including phenoxy) is 1. The van der Waals surface area contributed by atoms with E-state index in [9.17, 15) is 22.8 Å². The van der Waals surface area contributed by atoms with E-state index in [2.05, 4.69) is 20.6 Å². The topological polar surface area (TPSA) is 137 Å². The molecule has 6 rings (SSSR count). The number of hydrogen-bond donors (Lipinski definition) is 3. The average Bonchev–Trinajstić information content (AvgIpc) is 3.49. The molecule has 3 aromatic heterocycles. The SMILES string of the molecule is CNc1cc(C(F)(F)F)ccn1.Nc1nccn2c(C3CCCC(NC(=O)OCc4ccccc4)C3)nc(-c3ccc(C=O)cc3)c12. The highest BCUT2D eigenvalue weighted by atomic mass is 19.4. The Morgan fingerprint density at radius 3 is 2.53 bits per heavy atom. The van der Waals surface area contributed by atoms with Crippen LogP contribution in [0.5, 0.6) is 0 Å². The van der Waals surface area contributed by atoms with E-state index in [1.807, 2.05) is 53.1 Å². The number of imidazole rings is 1. The van der Waals surface area contributed by atoms with Gasteiger partial charge in [0.2, 0.25) is 0 Å². The standard InChI is InChI=1S/C27H27N5O3.C7H7F3N2/c28-25-24-23(20-11-9-18(16-33)10-12-20)31-26(32(24)14-13-29-25)21-7-4-8-22(15-21)30-27(34)35-17-19-5-2-1-3-6-19;1-11-6-4-5(2-3-12-6)7(8,9)10/h1-3,5-6,9-14,16,21-22H,4,7-8,15,17H2,(H2,28,29)(H,30,34);2-4H,1H3,(H,11,12). The Balaban J connectivity index is 0.000000305. The maximum Gasteiger partial charge on any atom is 0.416 e. The van der Waals surface area contributed by atoms with Crippen LogP contribution in [0.2, 0.25) is 0 Å². The van der Waals surface area contributed by atoms with Gasteiger partial charge in [0, 0.05) is 48.7 Å². The number of nitrogens with one attached hydrogen (secondary N) is 2. The highest BCUT2D eigenvalue weighted by molar-refractivity contribution is 5.86. The van der Waals surface area contributed by atoms with Crippen molar-refractivity contribution in [3.05, 3.63) is 108 Å². The van der Waals surface area contributed by atoms with Crippen molar-refractivity contribution in [2.75, 3.05) is 18.1 Å². The number of rotatable bonds is 7. The van der Waals surface area contributed by atoms with E-state index < -0.39 is 17.8 Å². The molecule has 2 unspecified atom stereocenters. The summed E-state index contributed by atoms with van der Waals surface area (Å²) in [5.74, 6) is 1.65. The van der Waals surface area contributed by atoms with Gasteiger partial charge >= 0.3 is 12.3 Å². The largest absolute Gasteiger partial charge is 0.445 e. The monoisotopic (exact) mass is 645 g/mol. The van der Waals surface area contributed by atoms with E-state index in [1.54, 1.807) is 18.3 Å². The van der Waals surface area contributed by atoms with Gasteiger partial charge in [-0.2, -0.15) is 13.2 Å². The molecule has 0 spiro atoms. The summed E-state index contributed by atoms with van der Waals surface area (Å²) in [7, 11) is 1.52. The molecule has 3 heterocycles. The van der Waals surface area contributed by atoms with Crippen LogP contribution in [-0.4, -0.2) is 44.8 Å². The molecule has 10 nitrogen and oxygen atoms in total. The van der Waals surface area contributed by atoms with Crippen LogP contribution >= 0.6 is 0 Å². The van der Waals surface area contributed by atoms with Gasteiger partial charge in [0.25, 0.3) is 0 Å². The Bertz CT molecular complexity index is 1810. The highest BCUT2D eigenvalue weighted by Gasteiger charge is 2.31. The fourth-order valence-electron chi connectivity index (χ4n) is 5.53. The van der Waals surface area contributed by atoms with Gasteiger partial charge in [-0.05, 0) is 37.0 Å². The number of amides is 1. The van der Waals surface area contributed by atoms with Crippen LogP contribution in [0.15, 0.2) is 85.3 Å². The van der Waals surface area contributed by atoms with E-state index in [-0.39, 0.29) is 24.4 Å². The minimum atomic E-state index is -4.30. The van der Waals surface area contributed by atoms with Gasteiger partial charge in [-0.25, -0.2) is 19.7 Å². The Morgan fingerprint density at radius 1 is 1.06 bits per heavy atom. The summed E-state index contributed by atoms with van der Waals surface area (Å²) in [4.78, 5) is 36.4. The Labute approximate surface area is 269 Å². The van der Waals surface area contributed by atoms with Crippen LogP contribution in [0.3, 0.4) is 0 Å². The fraction of sp³-hybridized carbons (Fsp3) is 0.265. The van der Waals surface area contributed by atoms with E-state index in [0.29, 0.717) is 11.4 Å². The number of carbonyl (C=O) groups excluding carboxylic acids is 2. The molecule has 244 valence electrons. The lowest BCUT2D eigenvalue weighted by Gasteiger charge is -2.28. The lowest BCUT2D eigenvalue weighted by molar-refractivity contribution is -0.137. The van der Waals surface area contributed by atoms with Crippen LogP contribution < -0.4 is 16.4 Å². The number of nitrogens with two attached hydrogens (primary N) is 1. The molecule has 1 saturated carbocycles. The lowest BCUT2D eigenvalue weighted by atomic mass is 9.85. The molecule has 0 radical (unpaired) electrons. The number of halogens is 3. The average molecular weight is 646 g/mol. The summed E-state index contributed by atoms with van der Waals surface area (Å²) in [5, 5.41) is 5.56. The molecule has 2 aromatic carbocycles. The number of anilines is 2. The maximum atomic E-state index is 12.4. The van der Waals surface area contributed by atoms with Gasteiger partial charge in [-0.15, -0.1) is 0 Å². The second kappa shape index (κ2) is 14.8. The number of hydrogen-bond acceptors (Lipinski definition) is 8. The number of aromatic nitrogens is 4. The summed E-state index contributed by atoms with van der Waals surface area (Å²) in [6.45, 7) is 0.242. The van der Waals surface area contributed by atoms with Gasteiger partial charge in [0.15, 0.2) is 0 Å². The molecule has 1 aliphatic rings. The van der Waals surface area contributed by atoms with Crippen LogP contribution in [0.25, 0.3) is 16.8 Å². The van der Waals surface area contributed by atoms with Crippen molar-refractivity contribution in [3.63, 3.8) is 0 Å². The molecule has 2 atom stereocenters. The molecule has 47 heavy (non-hydrogen) atoms. The van der Waals surface area contributed by atoms with Crippen LogP contribution in [0.4, 0.5) is 29.6 Å². The third kappa shape index (κ3) is 8.23. The van der Waals surface area contributed by atoms with E-state index in [4.69, 9.17) is 15.5 Å². The van der Waals surface area contributed by atoms with Crippen molar-refractivity contribution in [3.8, 4) is 11.3 Å². The zero-order chi connectivity index (χ0) is 33.4. The van der Waals surface area contributed by atoms with Crippen molar-refractivity contribution in [2.24, 2.45) is 0 Å². The van der Waals surface area contributed by atoms with Crippen molar-refractivity contribution < 1.29 is 27.5 Å². The number of benzene rings is 2. The molecular formula is C34H34F3N7O3. The molecule has 5 aromatic rings. The van der Waals surface area contributed by atoms with Crippen molar-refractivity contribution >= 4 is 29.5 Å². The molecular weight excluding hydrogens is 611 g/mol. The zero-order valence-corrected chi connectivity index (χ0v) is 25.6. The smallest absolute Gasteiger partial charge is 0.416 e. The summed E-state index contributed by atoms with van der Waals surface area (Å²) >= 11 is 0. The number of fused-ring (bicyclic) bond motifs is 1. The van der Waals surface area contributed by atoms with Crippen molar-refractivity contribution in [1.29, 1.82) is 0 Å². The number of aldehydes is 1. The number of pyridine rings is 1. The van der Waals surface area contributed by atoms with Crippen molar-refractivity contribution in [1.82, 2.24) is 24.7 Å². The number of nitrogen functional groups attached to an aromatic ring is 1. The minimum Gasteiger partial charge on any atom is -0.445 e. The van der Waals surface area contributed by atoms with Crippen LogP contribution in [-0.2, 0) is 17.5 Å². The molecule has 0 saturated heterocycles. The quantitative estimate of drug-likeness (QED) is 0.163. The number of alkyl carbamates (subject to hydrolysis) is 1. The third-order valence-electron chi connectivity index (χ3n) is 7.85. The van der Waals surface area contributed by atoms with Gasteiger partial charge in [-0.1, -0.05) is 61.0 Å². The summed E-state index contributed by atoms with van der Waals surface area (Å²) in [6.07, 6.45) is 4.36. The molecule has 13 heteroatoms. The van der Waals surface area contributed by atoms with Crippen molar-refractivity contribution in [2.45, 2.75) is 50.4 Å². The molecule has 0 aliphatic heterocycles. The second-order valence-corrected chi connectivity index (χ2v) is 11.0. The number of carbonyl (C=O) groups is 2. The first kappa shape index (κ1) is 32.9. The number of nitrogens with zero attached hydrogens (tertiary/aromatic N) is 4. The Kier molecular flexibility index (Phi) is 10.3. The zero-order valence-electron chi connectivity index (χ0n) is 25.6. The first-order valence-corrected chi connectivity index (χ1v) is 15.0. The highest BCUT2D eigenvalue weighted by Crippen LogP contribution is 2.37. The van der Waals surface area contributed by atoms with E-state index in [0.717, 1.165) is 78.5 Å². The Morgan fingerprint density at radius 2 is 1.83 bits per heavy atom. The van der Waals surface area contributed by atoms with Gasteiger partial charge in [0.1, 0.15) is 41.6 Å². The predicted octanol–water partition coefficient (Wildman–Crippen LogP) is 6.89. The second-order valence-electron chi connectivity index (χ2n) is 11.0. The number of alkyl halides is 3. The molecule has 4 N–H and O–H groups in total. The van der Waals surface area contributed by atoms with Gasteiger partial charge < -0.3 is 21.1 Å². The maximum absolute atomic E-state index is 12.4. The van der Waals surface area contributed by atoms with Crippen LogP contribution in [0.1, 0.15) is 58.9 Å².